The van der Waals surface area contributed by atoms with E-state index in [0.29, 0.717) is 6.54 Å². The van der Waals surface area contributed by atoms with E-state index in [1.54, 1.807) is 25.5 Å². The molecule has 2 N–H and O–H groups in total. The number of methoxy groups -OCH3 is 1. The summed E-state index contributed by atoms with van der Waals surface area (Å²) in [6.45, 7) is 9.56. The van der Waals surface area contributed by atoms with Gasteiger partial charge in [0.25, 0.3) is 0 Å². The molecule has 0 saturated carbocycles. The third-order valence-corrected chi connectivity index (χ3v) is 5.23. The molecule has 2 aromatic heterocycles. The van der Waals surface area contributed by atoms with Gasteiger partial charge in [0.1, 0.15) is 5.75 Å². The average Bonchev–Trinajstić information content (AvgIpc) is 2.90. The number of hydrogen-bond acceptors (Lipinski definition) is 5. The lowest BCUT2D eigenvalue weighted by atomic mass is 10.1. The van der Waals surface area contributed by atoms with Gasteiger partial charge in [0.2, 0.25) is 0 Å². The first-order valence-electron chi connectivity index (χ1n) is 8.32. The minimum Gasteiger partial charge on any atom is -0.496 e. The Kier molecular flexibility index (Phi) is 6.75. The van der Waals surface area contributed by atoms with Crippen molar-refractivity contribution >= 4 is 17.3 Å². The molecule has 0 aliphatic carbocycles. The highest BCUT2D eigenvalue weighted by Crippen LogP contribution is 2.23. The number of aromatic nitrogens is 2. The van der Waals surface area contributed by atoms with Gasteiger partial charge in [-0.05, 0) is 27.7 Å². The smallest absolute Gasteiger partial charge is 0.191 e. The highest BCUT2D eigenvalue weighted by Gasteiger charge is 2.10. The van der Waals surface area contributed by atoms with Crippen LogP contribution in [-0.4, -0.2) is 36.6 Å². The van der Waals surface area contributed by atoms with E-state index in [-0.39, 0.29) is 0 Å². The molecule has 0 bridgehead atoms. The molecule has 25 heavy (non-hydrogen) atoms. The molecular formula is C18H27N5OS. The van der Waals surface area contributed by atoms with Crippen molar-refractivity contribution in [3.8, 4) is 5.75 Å². The minimum atomic E-state index is 0.595. The van der Waals surface area contributed by atoms with Crippen LogP contribution in [0, 0.1) is 27.7 Å². The van der Waals surface area contributed by atoms with Crippen LogP contribution >= 0.6 is 11.3 Å². The molecule has 0 atom stereocenters. The summed E-state index contributed by atoms with van der Waals surface area (Å²) >= 11 is 1.76. The van der Waals surface area contributed by atoms with Crippen molar-refractivity contribution < 1.29 is 4.74 Å². The van der Waals surface area contributed by atoms with Gasteiger partial charge in [0.05, 0.1) is 30.1 Å². The molecule has 0 aliphatic rings. The van der Waals surface area contributed by atoms with Crippen molar-refractivity contribution in [2.75, 3.05) is 20.7 Å². The lowest BCUT2D eigenvalue weighted by Crippen LogP contribution is -2.38. The number of thiazole rings is 1. The second-order valence-corrected chi connectivity index (χ2v) is 7.19. The van der Waals surface area contributed by atoms with E-state index in [0.717, 1.165) is 52.2 Å². The van der Waals surface area contributed by atoms with Gasteiger partial charge in [-0.3, -0.25) is 9.98 Å². The molecule has 2 heterocycles. The largest absolute Gasteiger partial charge is 0.496 e. The molecule has 6 nitrogen and oxygen atoms in total. The highest BCUT2D eigenvalue weighted by atomic mass is 32.1. The lowest BCUT2D eigenvalue weighted by molar-refractivity contribution is 0.406. The summed E-state index contributed by atoms with van der Waals surface area (Å²) in [5.74, 6) is 1.65. The minimum absolute atomic E-state index is 0.595. The number of aliphatic imine (C=N–C) groups is 1. The first-order chi connectivity index (χ1) is 12.0. The molecule has 0 amide bonds. The quantitative estimate of drug-likeness (QED) is 0.611. The molecule has 7 heteroatoms. The molecule has 0 fully saturated rings. The van der Waals surface area contributed by atoms with Gasteiger partial charge in [-0.25, -0.2) is 4.98 Å². The lowest BCUT2D eigenvalue weighted by Gasteiger charge is -2.15. The van der Waals surface area contributed by atoms with Gasteiger partial charge in [0.15, 0.2) is 5.96 Å². The van der Waals surface area contributed by atoms with E-state index < -0.39 is 0 Å². The standard InChI is InChI=1S/C18H27N5OS/c1-11-9-21-15(12(2)17(11)24-6)10-22-18(19-5)20-8-7-16-23-13(3)14(4)25-16/h9H,7-8,10H2,1-6H3,(H2,19,20,22). The summed E-state index contributed by atoms with van der Waals surface area (Å²) in [5.41, 5.74) is 4.17. The molecule has 0 unspecified atom stereocenters. The first kappa shape index (κ1) is 19.2. The predicted molar refractivity (Wildman–Crippen MR) is 104 cm³/mol. The van der Waals surface area contributed by atoms with Gasteiger partial charge in [-0.1, -0.05) is 0 Å². The fraction of sp³-hybridized carbons (Fsp3) is 0.500. The molecule has 2 aromatic rings. The third-order valence-electron chi connectivity index (χ3n) is 4.10. The van der Waals surface area contributed by atoms with E-state index in [9.17, 15) is 0 Å². The number of hydrogen-bond donors (Lipinski definition) is 2. The zero-order valence-corrected chi connectivity index (χ0v) is 16.7. The molecule has 0 spiro atoms. The van der Waals surface area contributed by atoms with Gasteiger partial charge in [-0.2, -0.15) is 0 Å². The summed E-state index contributed by atoms with van der Waals surface area (Å²) in [5, 5.41) is 7.78. The molecule has 0 radical (unpaired) electrons. The number of guanidine groups is 1. The van der Waals surface area contributed by atoms with Crippen LogP contribution in [0.5, 0.6) is 5.75 Å². The van der Waals surface area contributed by atoms with Crippen molar-refractivity contribution in [3.05, 3.63) is 38.6 Å². The predicted octanol–water partition coefficient (Wildman–Crippen LogP) is 2.69. The summed E-state index contributed by atoms with van der Waals surface area (Å²) in [7, 11) is 3.46. The summed E-state index contributed by atoms with van der Waals surface area (Å²) in [4.78, 5) is 14.6. The Hall–Kier alpha value is -2.15. The van der Waals surface area contributed by atoms with E-state index in [4.69, 9.17) is 4.74 Å². The fourth-order valence-electron chi connectivity index (χ4n) is 2.57. The van der Waals surface area contributed by atoms with Gasteiger partial charge >= 0.3 is 0 Å². The first-order valence-corrected chi connectivity index (χ1v) is 9.14. The van der Waals surface area contributed by atoms with Crippen molar-refractivity contribution in [1.29, 1.82) is 0 Å². The Balaban J connectivity index is 1.88. The van der Waals surface area contributed by atoms with Crippen LogP contribution in [0.3, 0.4) is 0 Å². The maximum atomic E-state index is 5.46. The maximum absolute atomic E-state index is 5.46. The molecule has 0 saturated heterocycles. The van der Waals surface area contributed by atoms with Crippen LogP contribution in [0.2, 0.25) is 0 Å². The van der Waals surface area contributed by atoms with Crippen LogP contribution in [-0.2, 0) is 13.0 Å². The van der Waals surface area contributed by atoms with Crippen molar-refractivity contribution in [1.82, 2.24) is 20.6 Å². The van der Waals surface area contributed by atoms with E-state index in [1.165, 1.54) is 4.88 Å². The summed E-state index contributed by atoms with van der Waals surface area (Å²) < 4.78 is 5.46. The van der Waals surface area contributed by atoms with E-state index in [2.05, 4.69) is 39.4 Å². The average molecular weight is 362 g/mol. The molecule has 2 rings (SSSR count). The zero-order valence-electron chi connectivity index (χ0n) is 15.9. The van der Waals surface area contributed by atoms with Crippen LogP contribution < -0.4 is 15.4 Å². The Morgan fingerprint density at radius 3 is 2.60 bits per heavy atom. The van der Waals surface area contributed by atoms with Crippen molar-refractivity contribution in [2.45, 2.75) is 40.7 Å². The Morgan fingerprint density at radius 1 is 1.24 bits per heavy atom. The van der Waals surface area contributed by atoms with Gasteiger partial charge in [-0.15, -0.1) is 11.3 Å². The van der Waals surface area contributed by atoms with Crippen LogP contribution in [0.1, 0.15) is 32.4 Å². The zero-order chi connectivity index (χ0) is 18.4. The second kappa shape index (κ2) is 8.80. The van der Waals surface area contributed by atoms with Crippen LogP contribution in [0.25, 0.3) is 0 Å². The number of pyridine rings is 1. The fourth-order valence-corrected chi connectivity index (χ4v) is 3.50. The number of ether oxygens (including phenoxy) is 1. The number of aryl methyl sites for hydroxylation is 3. The SMILES string of the molecule is CN=C(NCCc1nc(C)c(C)s1)NCc1ncc(C)c(OC)c1C. The molecule has 0 aliphatic heterocycles. The summed E-state index contributed by atoms with van der Waals surface area (Å²) in [6, 6.07) is 0. The van der Waals surface area contributed by atoms with Crippen molar-refractivity contribution in [3.63, 3.8) is 0 Å². The Morgan fingerprint density at radius 2 is 2.00 bits per heavy atom. The topological polar surface area (TPSA) is 71.4 Å². The normalized spacial score (nSPS) is 11.5. The number of rotatable bonds is 6. The molecule has 0 aromatic carbocycles. The van der Waals surface area contributed by atoms with E-state index >= 15 is 0 Å². The van der Waals surface area contributed by atoms with E-state index in [1.807, 2.05) is 20.0 Å². The monoisotopic (exact) mass is 361 g/mol. The van der Waals surface area contributed by atoms with Crippen molar-refractivity contribution in [2.24, 2.45) is 4.99 Å². The molecule has 136 valence electrons. The Bertz CT molecular complexity index is 735. The number of nitrogens with zero attached hydrogens (tertiary/aromatic N) is 3. The number of nitrogens with one attached hydrogen (secondary N) is 2. The Labute approximate surface area is 153 Å². The molecular weight excluding hydrogens is 334 g/mol. The maximum Gasteiger partial charge on any atom is 0.191 e. The highest BCUT2D eigenvalue weighted by molar-refractivity contribution is 7.11. The van der Waals surface area contributed by atoms with Gasteiger partial charge < -0.3 is 15.4 Å². The van der Waals surface area contributed by atoms with Gasteiger partial charge in [0, 0.05) is 42.2 Å². The van der Waals surface area contributed by atoms with Crippen LogP contribution in [0.15, 0.2) is 11.2 Å². The third kappa shape index (κ3) is 4.92. The summed E-state index contributed by atoms with van der Waals surface area (Å²) in [6.07, 6.45) is 2.72. The van der Waals surface area contributed by atoms with Crippen LogP contribution in [0.4, 0.5) is 0 Å². The second-order valence-electron chi connectivity index (χ2n) is 5.90.